The van der Waals surface area contributed by atoms with Gasteiger partial charge in [0.1, 0.15) is 16.5 Å². The van der Waals surface area contributed by atoms with Crippen molar-refractivity contribution in [1.82, 2.24) is 20.6 Å². The van der Waals surface area contributed by atoms with Gasteiger partial charge in [-0.3, -0.25) is 0 Å². The standard InChI is InChI=1S/C31H31ClN8O4/c1-42-26-13-21(7-9-23(26)28-18-34-11-12-44-28)37-29-24(32)17-35-30(40-29)39-25-10-8-22(14-27(25)43-2)38-31(41)36-16-20-5-3-19(15-33)4-6-20/h3-10,13-14,17,28,34H,11-12,16,18H2,1-2H3,(H2,36,38,41)(H2,35,37,39,40). The molecule has 0 spiro atoms. The Balaban J connectivity index is 1.24. The second kappa shape index (κ2) is 14.4. The molecule has 0 radical (unpaired) electrons. The molecule has 0 aliphatic carbocycles. The molecule has 5 N–H and O–H groups in total. The number of rotatable bonds is 10. The van der Waals surface area contributed by atoms with E-state index in [0.29, 0.717) is 59.0 Å². The number of hydrogen-bond acceptors (Lipinski definition) is 10. The zero-order valence-electron chi connectivity index (χ0n) is 24.1. The van der Waals surface area contributed by atoms with E-state index in [0.717, 1.165) is 23.4 Å². The lowest BCUT2D eigenvalue weighted by atomic mass is 10.1. The number of methoxy groups -OCH3 is 2. The van der Waals surface area contributed by atoms with Crippen molar-refractivity contribution < 1.29 is 19.0 Å². The summed E-state index contributed by atoms with van der Waals surface area (Å²) in [6.07, 6.45) is 1.40. The van der Waals surface area contributed by atoms with Crippen LogP contribution in [0.1, 0.15) is 22.8 Å². The number of nitrogens with one attached hydrogen (secondary N) is 5. The van der Waals surface area contributed by atoms with Gasteiger partial charge < -0.3 is 40.8 Å². The molecule has 1 aromatic heterocycles. The molecule has 1 fully saturated rings. The topological polar surface area (TPSA) is 154 Å². The molecule has 12 nitrogen and oxygen atoms in total. The van der Waals surface area contributed by atoms with E-state index in [1.807, 2.05) is 18.2 Å². The largest absolute Gasteiger partial charge is 0.496 e. The van der Waals surface area contributed by atoms with Gasteiger partial charge in [0.25, 0.3) is 0 Å². The van der Waals surface area contributed by atoms with E-state index >= 15 is 0 Å². The first-order valence-corrected chi connectivity index (χ1v) is 14.1. The first-order valence-electron chi connectivity index (χ1n) is 13.7. The average molecular weight is 615 g/mol. The van der Waals surface area contributed by atoms with Crippen LogP contribution >= 0.6 is 11.6 Å². The van der Waals surface area contributed by atoms with E-state index in [1.165, 1.54) is 13.3 Å². The molecule has 1 aliphatic rings. The van der Waals surface area contributed by atoms with E-state index < -0.39 is 0 Å². The van der Waals surface area contributed by atoms with Gasteiger partial charge in [0, 0.05) is 48.7 Å². The quantitative estimate of drug-likeness (QED) is 0.155. The number of benzene rings is 3. The number of morpholine rings is 1. The molecule has 0 saturated carbocycles. The minimum absolute atomic E-state index is 0.0916. The summed E-state index contributed by atoms with van der Waals surface area (Å²) in [5.74, 6) is 1.82. The fourth-order valence-corrected chi connectivity index (χ4v) is 4.66. The van der Waals surface area contributed by atoms with Gasteiger partial charge in [-0.05, 0) is 35.9 Å². The number of urea groups is 1. The van der Waals surface area contributed by atoms with Crippen LogP contribution in [0.3, 0.4) is 0 Å². The highest BCUT2D eigenvalue weighted by molar-refractivity contribution is 6.32. The summed E-state index contributed by atoms with van der Waals surface area (Å²) < 4.78 is 17.1. The van der Waals surface area contributed by atoms with Crippen LogP contribution in [0.15, 0.2) is 66.9 Å². The van der Waals surface area contributed by atoms with Gasteiger partial charge in [0.05, 0.1) is 50.4 Å². The average Bonchev–Trinajstić information content (AvgIpc) is 3.06. The SMILES string of the molecule is COc1cc(NC(=O)NCc2ccc(C#N)cc2)ccc1Nc1ncc(Cl)c(Nc2ccc(C3CNCCO3)c(OC)c2)n1. The molecule has 5 rings (SSSR count). The summed E-state index contributed by atoms with van der Waals surface area (Å²) in [4.78, 5) is 21.3. The molecule has 226 valence electrons. The van der Waals surface area contributed by atoms with Gasteiger partial charge in [-0.25, -0.2) is 9.78 Å². The van der Waals surface area contributed by atoms with Crippen molar-refractivity contribution in [3.63, 3.8) is 0 Å². The molecule has 13 heteroatoms. The minimum atomic E-state index is -0.388. The summed E-state index contributed by atoms with van der Waals surface area (Å²) in [6, 6.07) is 19.6. The predicted octanol–water partition coefficient (Wildman–Crippen LogP) is 5.49. The second-order valence-electron chi connectivity index (χ2n) is 9.69. The highest BCUT2D eigenvalue weighted by atomic mass is 35.5. The molecule has 0 bridgehead atoms. The monoisotopic (exact) mass is 614 g/mol. The Labute approximate surface area is 259 Å². The van der Waals surface area contributed by atoms with Crippen molar-refractivity contribution in [3.8, 4) is 17.6 Å². The summed E-state index contributed by atoms with van der Waals surface area (Å²) in [5.41, 5.74) is 4.22. The first kappa shape index (κ1) is 30.4. The number of ether oxygens (including phenoxy) is 3. The number of carbonyl (C=O) groups excluding carboxylic acids is 1. The summed E-state index contributed by atoms with van der Waals surface area (Å²) in [6.45, 7) is 2.49. The van der Waals surface area contributed by atoms with E-state index in [-0.39, 0.29) is 18.1 Å². The minimum Gasteiger partial charge on any atom is -0.496 e. The fraction of sp³-hybridized carbons (Fsp3) is 0.226. The molecule has 1 atom stereocenters. The number of nitrogens with zero attached hydrogens (tertiary/aromatic N) is 3. The van der Waals surface area contributed by atoms with Gasteiger partial charge in [0.15, 0.2) is 5.82 Å². The third-order valence-corrected chi connectivity index (χ3v) is 7.03. The van der Waals surface area contributed by atoms with Gasteiger partial charge >= 0.3 is 6.03 Å². The molecule has 44 heavy (non-hydrogen) atoms. The van der Waals surface area contributed by atoms with Gasteiger partial charge in [0.2, 0.25) is 5.95 Å². The molecular weight excluding hydrogens is 584 g/mol. The van der Waals surface area contributed by atoms with E-state index in [2.05, 4.69) is 42.6 Å². The lowest BCUT2D eigenvalue weighted by Gasteiger charge is -2.25. The summed E-state index contributed by atoms with van der Waals surface area (Å²) >= 11 is 6.42. The third kappa shape index (κ3) is 7.64. The van der Waals surface area contributed by atoms with Gasteiger partial charge in [-0.2, -0.15) is 10.2 Å². The number of halogens is 1. The Morgan fingerprint density at radius 2 is 1.84 bits per heavy atom. The smallest absolute Gasteiger partial charge is 0.319 e. The van der Waals surface area contributed by atoms with Crippen LogP contribution in [-0.2, 0) is 11.3 Å². The molecular formula is C31H31ClN8O4. The second-order valence-corrected chi connectivity index (χ2v) is 10.1. The normalized spacial score (nSPS) is 14.2. The highest BCUT2D eigenvalue weighted by Gasteiger charge is 2.20. The molecule has 1 saturated heterocycles. The van der Waals surface area contributed by atoms with Gasteiger partial charge in [-0.15, -0.1) is 0 Å². The van der Waals surface area contributed by atoms with Crippen LogP contribution in [-0.4, -0.2) is 49.9 Å². The van der Waals surface area contributed by atoms with Crippen LogP contribution in [0.4, 0.5) is 33.6 Å². The molecule has 1 unspecified atom stereocenters. The maximum atomic E-state index is 12.5. The Hall–Kier alpha value is -5.09. The lowest BCUT2D eigenvalue weighted by molar-refractivity contribution is 0.0263. The number of carbonyl (C=O) groups is 1. The maximum Gasteiger partial charge on any atom is 0.319 e. The van der Waals surface area contributed by atoms with Crippen molar-refractivity contribution in [2.45, 2.75) is 12.6 Å². The number of hydrogen-bond donors (Lipinski definition) is 5. The van der Waals surface area contributed by atoms with Crippen molar-refractivity contribution in [1.29, 1.82) is 5.26 Å². The Bertz CT molecular complexity index is 1660. The first-order chi connectivity index (χ1) is 21.4. The lowest BCUT2D eigenvalue weighted by Crippen LogP contribution is -2.33. The molecule has 2 heterocycles. The van der Waals surface area contributed by atoms with E-state index in [9.17, 15) is 4.79 Å². The molecule has 3 aromatic carbocycles. The number of amides is 2. The predicted molar refractivity (Wildman–Crippen MR) is 168 cm³/mol. The highest BCUT2D eigenvalue weighted by Crippen LogP contribution is 2.34. The van der Waals surface area contributed by atoms with Crippen LogP contribution in [0.2, 0.25) is 5.02 Å². The van der Waals surface area contributed by atoms with Crippen molar-refractivity contribution in [3.05, 3.63) is 88.6 Å². The van der Waals surface area contributed by atoms with Gasteiger partial charge in [-0.1, -0.05) is 29.8 Å². The Kier molecular flexibility index (Phi) is 9.93. The molecule has 2 amide bonds. The van der Waals surface area contributed by atoms with E-state index in [1.54, 1.807) is 49.6 Å². The van der Waals surface area contributed by atoms with Crippen LogP contribution in [0, 0.1) is 11.3 Å². The summed E-state index contributed by atoms with van der Waals surface area (Å²) in [7, 11) is 3.15. The van der Waals surface area contributed by atoms with E-state index in [4.69, 9.17) is 31.1 Å². The van der Waals surface area contributed by atoms with Crippen molar-refractivity contribution >= 4 is 46.5 Å². The molecule has 1 aliphatic heterocycles. The van der Waals surface area contributed by atoms with Crippen LogP contribution in [0.25, 0.3) is 0 Å². The number of nitriles is 1. The maximum absolute atomic E-state index is 12.5. The van der Waals surface area contributed by atoms with Crippen LogP contribution < -0.4 is 36.1 Å². The summed E-state index contributed by atoms with van der Waals surface area (Å²) in [5, 5.41) is 24.5. The third-order valence-electron chi connectivity index (χ3n) is 6.76. The number of aromatic nitrogens is 2. The van der Waals surface area contributed by atoms with Crippen molar-refractivity contribution in [2.24, 2.45) is 0 Å². The Morgan fingerprint density at radius 1 is 1.07 bits per heavy atom. The zero-order chi connectivity index (χ0) is 30.9. The van der Waals surface area contributed by atoms with Crippen molar-refractivity contribution in [2.75, 3.05) is 49.9 Å². The Morgan fingerprint density at radius 3 is 2.57 bits per heavy atom. The fourth-order valence-electron chi connectivity index (χ4n) is 4.52. The molecule has 4 aromatic rings. The number of anilines is 5. The van der Waals surface area contributed by atoms with Crippen LogP contribution in [0.5, 0.6) is 11.5 Å². The zero-order valence-corrected chi connectivity index (χ0v) is 24.9.